The van der Waals surface area contributed by atoms with Gasteiger partial charge in [-0.3, -0.25) is 14.5 Å². The normalized spacial score (nSPS) is 20.1. The van der Waals surface area contributed by atoms with Crippen molar-refractivity contribution in [2.24, 2.45) is 11.7 Å². The number of carbonyl (C=O) groups is 2. The molecule has 0 unspecified atom stereocenters. The van der Waals surface area contributed by atoms with Crippen LogP contribution in [0.15, 0.2) is 24.3 Å². The summed E-state index contributed by atoms with van der Waals surface area (Å²) in [5.74, 6) is -0.310. The van der Waals surface area contributed by atoms with E-state index in [0.29, 0.717) is 31.5 Å². The number of piperidine rings is 1. The van der Waals surface area contributed by atoms with E-state index in [4.69, 9.17) is 10.5 Å². The largest absolute Gasteiger partial charge is 0.379 e. The van der Waals surface area contributed by atoms with Crippen LogP contribution in [0.4, 0.5) is 0 Å². The second kappa shape index (κ2) is 7.77. The lowest BCUT2D eigenvalue weighted by Gasteiger charge is -2.30. The number of benzene rings is 1. The third-order valence-electron chi connectivity index (χ3n) is 4.90. The smallest absolute Gasteiger partial charge is 0.253 e. The SMILES string of the molecule is NC(=O)C1CCN(C(=O)c2ccc(CN3CCOCC3)cc2)CC1. The molecule has 2 aliphatic rings. The zero-order valence-electron chi connectivity index (χ0n) is 13.9. The first-order valence-corrected chi connectivity index (χ1v) is 8.61. The fraction of sp³-hybridized carbons (Fsp3) is 0.556. The van der Waals surface area contributed by atoms with E-state index in [1.807, 2.05) is 29.2 Å². The van der Waals surface area contributed by atoms with Crippen molar-refractivity contribution in [3.63, 3.8) is 0 Å². The molecule has 0 radical (unpaired) electrons. The lowest BCUT2D eigenvalue weighted by atomic mass is 9.96. The van der Waals surface area contributed by atoms with Crippen molar-refractivity contribution in [2.75, 3.05) is 39.4 Å². The summed E-state index contributed by atoms with van der Waals surface area (Å²) in [6.45, 7) is 5.58. The fourth-order valence-electron chi connectivity index (χ4n) is 3.32. The zero-order chi connectivity index (χ0) is 16.9. The number of rotatable bonds is 4. The fourth-order valence-corrected chi connectivity index (χ4v) is 3.32. The molecule has 0 bridgehead atoms. The Morgan fingerprint density at radius 3 is 2.25 bits per heavy atom. The average Bonchev–Trinajstić information content (AvgIpc) is 2.63. The van der Waals surface area contributed by atoms with E-state index in [0.717, 1.165) is 32.8 Å². The summed E-state index contributed by atoms with van der Waals surface area (Å²) in [5, 5.41) is 0. The highest BCUT2D eigenvalue weighted by Crippen LogP contribution is 2.19. The molecule has 0 spiro atoms. The van der Waals surface area contributed by atoms with E-state index in [9.17, 15) is 9.59 Å². The van der Waals surface area contributed by atoms with Gasteiger partial charge in [0.1, 0.15) is 0 Å². The van der Waals surface area contributed by atoms with Crippen LogP contribution in [0, 0.1) is 5.92 Å². The van der Waals surface area contributed by atoms with Gasteiger partial charge in [-0.15, -0.1) is 0 Å². The third-order valence-corrected chi connectivity index (χ3v) is 4.90. The van der Waals surface area contributed by atoms with Crippen molar-refractivity contribution >= 4 is 11.8 Å². The first-order valence-electron chi connectivity index (χ1n) is 8.61. The number of carbonyl (C=O) groups excluding carboxylic acids is 2. The molecule has 3 rings (SSSR count). The number of nitrogens with zero attached hydrogens (tertiary/aromatic N) is 2. The summed E-state index contributed by atoms with van der Waals surface area (Å²) in [7, 11) is 0. The lowest BCUT2D eigenvalue weighted by Crippen LogP contribution is -2.41. The summed E-state index contributed by atoms with van der Waals surface area (Å²) in [6.07, 6.45) is 1.33. The number of hydrogen-bond donors (Lipinski definition) is 1. The van der Waals surface area contributed by atoms with Crippen molar-refractivity contribution in [3.05, 3.63) is 35.4 Å². The summed E-state index contributed by atoms with van der Waals surface area (Å²) >= 11 is 0. The van der Waals surface area contributed by atoms with Crippen molar-refractivity contribution in [1.82, 2.24) is 9.80 Å². The summed E-state index contributed by atoms with van der Waals surface area (Å²) in [6, 6.07) is 7.86. The molecule has 1 aromatic carbocycles. The van der Waals surface area contributed by atoms with Gasteiger partial charge in [-0.05, 0) is 30.5 Å². The Labute approximate surface area is 142 Å². The molecule has 0 saturated carbocycles. The van der Waals surface area contributed by atoms with Gasteiger partial charge in [0, 0.05) is 44.2 Å². The van der Waals surface area contributed by atoms with Gasteiger partial charge in [-0.25, -0.2) is 0 Å². The van der Waals surface area contributed by atoms with Crippen molar-refractivity contribution in [3.8, 4) is 0 Å². The van der Waals surface area contributed by atoms with E-state index < -0.39 is 0 Å². The van der Waals surface area contributed by atoms with Gasteiger partial charge in [0.2, 0.25) is 5.91 Å². The van der Waals surface area contributed by atoms with Crippen molar-refractivity contribution < 1.29 is 14.3 Å². The monoisotopic (exact) mass is 331 g/mol. The van der Waals surface area contributed by atoms with Crippen LogP contribution >= 0.6 is 0 Å². The second-order valence-electron chi connectivity index (χ2n) is 6.55. The Kier molecular flexibility index (Phi) is 5.48. The molecule has 0 aliphatic carbocycles. The number of ether oxygens (including phenoxy) is 1. The number of amides is 2. The van der Waals surface area contributed by atoms with E-state index in [2.05, 4.69) is 4.90 Å². The van der Waals surface area contributed by atoms with E-state index >= 15 is 0 Å². The molecule has 2 N–H and O–H groups in total. The number of hydrogen-bond acceptors (Lipinski definition) is 4. The van der Waals surface area contributed by atoms with E-state index in [1.165, 1.54) is 5.56 Å². The molecule has 130 valence electrons. The Hall–Kier alpha value is -1.92. The summed E-state index contributed by atoms with van der Waals surface area (Å²) in [5.41, 5.74) is 7.25. The number of primary amides is 1. The number of likely N-dealkylation sites (tertiary alicyclic amines) is 1. The van der Waals surface area contributed by atoms with Crippen molar-refractivity contribution in [2.45, 2.75) is 19.4 Å². The van der Waals surface area contributed by atoms with Crippen LogP contribution in [0.5, 0.6) is 0 Å². The maximum absolute atomic E-state index is 12.6. The maximum Gasteiger partial charge on any atom is 0.253 e. The molecular weight excluding hydrogens is 306 g/mol. The van der Waals surface area contributed by atoms with Gasteiger partial charge in [-0.2, -0.15) is 0 Å². The minimum Gasteiger partial charge on any atom is -0.379 e. The molecule has 1 aromatic rings. The summed E-state index contributed by atoms with van der Waals surface area (Å²) < 4.78 is 5.36. The molecule has 2 saturated heterocycles. The molecule has 6 nitrogen and oxygen atoms in total. The van der Waals surface area contributed by atoms with Crippen LogP contribution in [0.25, 0.3) is 0 Å². The minimum atomic E-state index is -0.255. The number of nitrogens with two attached hydrogens (primary N) is 1. The van der Waals surface area contributed by atoms with Gasteiger partial charge in [0.25, 0.3) is 5.91 Å². The lowest BCUT2D eigenvalue weighted by molar-refractivity contribution is -0.123. The zero-order valence-corrected chi connectivity index (χ0v) is 13.9. The Morgan fingerprint density at radius 2 is 1.67 bits per heavy atom. The Bertz CT molecular complexity index is 574. The molecule has 0 aromatic heterocycles. The van der Waals surface area contributed by atoms with E-state index in [-0.39, 0.29) is 17.7 Å². The average molecular weight is 331 g/mol. The molecule has 6 heteroatoms. The minimum absolute atomic E-state index is 0.0378. The highest BCUT2D eigenvalue weighted by molar-refractivity contribution is 5.94. The van der Waals surface area contributed by atoms with E-state index in [1.54, 1.807) is 0 Å². The van der Waals surface area contributed by atoms with Gasteiger partial charge >= 0.3 is 0 Å². The predicted molar refractivity (Wildman–Crippen MR) is 90.4 cm³/mol. The quantitative estimate of drug-likeness (QED) is 0.888. The van der Waals surface area contributed by atoms with Gasteiger partial charge < -0.3 is 15.4 Å². The first kappa shape index (κ1) is 16.9. The highest BCUT2D eigenvalue weighted by Gasteiger charge is 2.26. The molecule has 2 fully saturated rings. The molecular formula is C18H25N3O3. The van der Waals surface area contributed by atoms with Crippen LogP contribution in [-0.4, -0.2) is 61.0 Å². The predicted octanol–water partition coefficient (Wildman–Crippen LogP) is 0.856. The third kappa shape index (κ3) is 4.13. The molecule has 0 atom stereocenters. The Balaban J connectivity index is 1.55. The van der Waals surface area contributed by atoms with Gasteiger partial charge in [0.15, 0.2) is 0 Å². The van der Waals surface area contributed by atoms with Crippen LogP contribution in [0.3, 0.4) is 0 Å². The van der Waals surface area contributed by atoms with Crippen LogP contribution in [0.1, 0.15) is 28.8 Å². The van der Waals surface area contributed by atoms with Crippen LogP contribution in [0.2, 0.25) is 0 Å². The maximum atomic E-state index is 12.6. The first-order chi connectivity index (χ1) is 11.6. The number of morpholine rings is 1. The topological polar surface area (TPSA) is 75.9 Å². The summed E-state index contributed by atoms with van der Waals surface area (Å²) in [4.78, 5) is 27.9. The van der Waals surface area contributed by atoms with Gasteiger partial charge in [0.05, 0.1) is 13.2 Å². The highest BCUT2D eigenvalue weighted by atomic mass is 16.5. The van der Waals surface area contributed by atoms with Crippen molar-refractivity contribution in [1.29, 1.82) is 0 Å². The van der Waals surface area contributed by atoms with Crippen LogP contribution < -0.4 is 5.73 Å². The molecule has 24 heavy (non-hydrogen) atoms. The molecule has 2 aliphatic heterocycles. The van der Waals surface area contributed by atoms with Gasteiger partial charge in [-0.1, -0.05) is 12.1 Å². The van der Waals surface area contributed by atoms with Crippen LogP contribution in [-0.2, 0) is 16.1 Å². The standard InChI is InChI=1S/C18H25N3O3/c19-17(22)15-5-7-21(8-6-15)18(23)16-3-1-14(2-4-16)13-20-9-11-24-12-10-20/h1-4,15H,5-13H2,(H2,19,22). The molecule has 2 amide bonds. The second-order valence-corrected chi connectivity index (χ2v) is 6.55. The Morgan fingerprint density at radius 1 is 1.04 bits per heavy atom. The molecule has 2 heterocycles.